The lowest BCUT2D eigenvalue weighted by molar-refractivity contribution is -0.113. The number of aryl methyl sites for hydroxylation is 1. The Kier molecular flexibility index (Phi) is 5.27. The van der Waals surface area contributed by atoms with Crippen LogP contribution in [0.25, 0.3) is 21.3 Å². The molecular weight excluding hydrogens is 390 g/mol. The Hall–Kier alpha value is -2.90. The van der Waals surface area contributed by atoms with Gasteiger partial charge in [0.25, 0.3) is 0 Å². The number of aromatic hydroxyl groups is 1. The molecule has 2 N–H and O–H groups in total. The molecule has 0 aliphatic carbocycles. The summed E-state index contributed by atoms with van der Waals surface area (Å²) in [6.07, 6.45) is 1.53. The summed E-state index contributed by atoms with van der Waals surface area (Å²) >= 11 is 2.93. The molecule has 0 saturated carbocycles. The van der Waals surface area contributed by atoms with Gasteiger partial charge in [0.15, 0.2) is 0 Å². The van der Waals surface area contributed by atoms with Gasteiger partial charge in [-0.15, -0.1) is 11.3 Å². The van der Waals surface area contributed by atoms with Gasteiger partial charge in [-0.1, -0.05) is 48.2 Å². The number of thiophene rings is 1. The highest BCUT2D eigenvalue weighted by Gasteiger charge is 2.15. The van der Waals surface area contributed by atoms with Crippen LogP contribution in [0.15, 0.2) is 65.3 Å². The average Bonchev–Trinajstić information content (AvgIpc) is 3.15. The first-order chi connectivity index (χ1) is 13.6. The molecule has 0 saturated heterocycles. The minimum atomic E-state index is -0.200. The number of nitrogens with zero attached hydrogens (tertiary/aromatic N) is 2. The zero-order valence-electron chi connectivity index (χ0n) is 15.0. The predicted molar refractivity (Wildman–Crippen MR) is 115 cm³/mol. The minimum absolute atomic E-state index is 0.0533. The lowest BCUT2D eigenvalue weighted by Crippen LogP contribution is -2.14. The number of fused-ring (bicyclic) bond motifs is 1. The van der Waals surface area contributed by atoms with Crippen molar-refractivity contribution in [2.45, 2.75) is 11.9 Å². The molecule has 0 radical (unpaired) electrons. The number of aromatic nitrogens is 2. The Balaban J connectivity index is 1.56. The van der Waals surface area contributed by atoms with Gasteiger partial charge in [-0.25, -0.2) is 9.97 Å². The second-order valence-corrected chi connectivity index (χ2v) is 8.05. The van der Waals surface area contributed by atoms with E-state index >= 15 is 0 Å². The van der Waals surface area contributed by atoms with Crippen molar-refractivity contribution < 1.29 is 9.90 Å². The van der Waals surface area contributed by atoms with E-state index in [1.54, 1.807) is 29.5 Å². The van der Waals surface area contributed by atoms with Gasteiger partial charge in [0.05, 0.1) is 16.8 Å². The first-order valence-corrected chi connectivity index (χ1v) is 10.5. The fourth-order valence-electron chi connectivity index (χ4n) is 2.86. The molecule has 7 heteroatoms. The second kappa shape index (κ2) is 8.00. The standard InChI is InChI=1S/C21H17N3O2S2/c1-13-7-8-17(25)16(9-13)24-18(26)11-28-21-19-15(14-5-3-2-4-6-14)10-27-20(19)22-12-23-21/h2-10,12,25H,11H2,1H3,(H,24,26). The van der Waals surface area contributed by atoms with E-state index in [9.17, 15) is 9.90 Å². The van der Waals surface area contributed by atoms with Gasteiger partial charge in [0.1, 0.15) is 21.9 Å². The molecule has 0 aliphatic heterocycles. The van der Waals surface area contributed by atoms with Crippen LogP contribution >= 0.6 is 23.1 Å². The van der Waals surface area contributed by atoms with E-state index in [4.69, 9.17) is 0 Å². The van der Waals surface area contributed by atoms with Gasteiger partial charge in [-0.2, -0.15) is 0 Å². The van der Waals surface area contributed by atoms with E-state index in [1.807, 2.05) is 25.1 Å². The van der Waals surface area contributed by atoms with Crippen molar-refractivity contribution in [2.75, 3.05) is 11.1 Å². The number of hydrogen-bond acceptors (Lipinski definition) is 6. The molecule has 4 rings (SSSR count). The first kappa shape index (κ1) is 18.5. The maximum absolute atomic E-state index is 12.4. The molecule has 0 atom stereocenters. The summed E-state index contributed by atoms with van der Waals surface area (Å²) in [5.41, 5.74) is 3.54. The third kappa shape index (κ3) is 3.85. The van der Waals surface area contributed by atoms with Crippen LogP contribution in [0.2, 0.25) is 0 Å². The SMILES string of the molecule is Cc1ccc(O)c(NC(=O)CSc2ncnc3scc(-c4ccccc4)c23)c1. The molecule has 2 aromatic heterocycles. The molecule has 0 bridgehead atoms. The molecule has 0 aliphatic rings. The highest BCUT2D eigenvalue weighted by molar-refractivity contribution is 8.00. The van der Waals surface area contributed by atoms with E-state index in [0.717, 1.165) is 31.9 Å². The fraction of sp³-hybridized carbons (Fsp3) is 0.0952. The summed E-state index contributed by atoms with van der Waals surface area (Å²) < 4.78 is 0. The number of carbonyl (C=O) groups excluding carboxylic acids is 1. The Morgan fingerprint density at radius 2 is 2.00 bits per heavy atom. The van der Waals surface area contributed by atoms with Crippen molar-refractivity contribution in [3.05, 3.63) is 65.8 Å². The largest absolute Gasteiger partial charge is 0.506 e. The van der Waals surface area contributed by atoms with Gasteiger partial charge >= 0.3 is 0 Å². The number of thioether (sulfide) groups is 1. The van der Waals surface area contributed by atoms with Crippen LogP contribution < -0.4 is 5.32 Å². The summed E-state index contributed by atoms with van der Waals surface area (Å²) in [4.78, 5) is 22.1. The molecule has 0 spiro atoms. The molecule has 2 aromatic carbocycles. The van der Waals surface area contributed by atoms with Gasteiger partial charge in [-0.05, 0) is 30.2 Å². The lowest BCUT2D eigenvalue weighted by atomic mass is 10.1. The molecule has 4 aromatic rings. The monoisotopic (exact) mass is 407 g/mol. The molecular formula is C21H17N3O2S2. The number of phenols is 1. The number of nitrogens with one attached hydrogen (secondary N) is 1. The Labute approximate surface area is 170 Å². The van der Waals surface area contributed by atoms with Gasteiger partial charge in [-0.3, -0.25) is 4.79 Å². The third-order valence-electron chi connectivity index (χ3n) is 4.19. The van der Waals surface area contributed by atoms with Crippen molar-refractivity contribution in [3.8, 4) is 16.9 Å². The van der Waals surface area contributed by atoms with Crippen molar-refractivity contribution >= 4 is 44.9 Å². The zero-order chi connectivity index (χ0) is 19.5. The van der Waals surface area contributed by atoms with Crippen LogP contribution in [0.4, 0.5) is 5.69 Å². The van der Waals surface area contributed by atoms with Crippen LogP contribution in [-0.4, -0.2) is 26.7 Å². The van der Waals surface area contributed by atoms with E-state index in [0.29, 0.717) is 5.69 Å². The number of carbonyl (C=O) groups is 1. The van der Waals surface area contributed by atoms with Crippen molar-refractivity contribution in [2.24, 2.45) is 0 Å². The first-order valence-electron chi connectivity index (χ1n) is 8.61. The number of amides is 1. The zero-order valence-corrected chi connectivity index (χ0v) is 16.7. The number of phenolic OH excluding ortho intramolecular Hbond substituents is 1. The Morgan fingerprint density at radius 3 is 2.82 bits per heavy atom. The van der Waals surface area contributed by atoms with E-state index in [-0.39, 0.29) is 17.4 Å². The summed E-state index contributed by atoms with van der Waals surface area (Å²) in [7, 11) is 0. The van der Waals surface area contributed by atoms with Crippen LogP contribution in [0.5, 0.6) is 5.75 Å². The van der Waals surface area contributed by atoms with Crippen LogP contribution in [-0.2, 0) is 4.79 Å². The summed E-state index contributed by atoms with van der Waals surface area (Å²) in [6.45, 7) is 1.91. The van der Waals surface area contributed by atoms with E-state index < -0.39 is 0 Å². The topological polar surface area (TPSA) is 75.1 Å². The number of benzene rings is 2. The molecule has 0 fully saturated rings. The van der Waals surface area contributed by atoms with Gasteiger partial charge < -0.3 is 10.4 Å². The summed E-state index contributed by atoms with van der Waals surface area (Å²) in [5.74, 6) is 0.0376. The molecule has 140 valence electrons. The van der Waals surface area contributed by atoms with E-state index in [2.05, 4.69) is 32.8 Å². The molecule has 28 heavy (non-hydrogen) atoms. The third-order valence-corrected chi connectivity index (χ3v) is 6.06. The molecule has 0 unspecified atom stereocenters. The van der Waals surface area contributed by atoms with Crippen LogP contribution in [0.1, 0.15) is 5.56 Å². The number of hydrogen-bond donors (Lipinski definition) is 2. The number of rotatable bonds is 5. The van der Waals surface area contributed by atoms with Crippen molar-refractivity contribution in [1.29, 1.82) is 0 Å². The highest BCUT2D eigenvalue weighted by Crippen LogP contribution is 2.37. The van der Waals surface area contributed by atoms with Crippen molar-refractivity contribution in [1.82, 2.24) is 9.97 Å². The molecule has 5 nitrogen and oxygen atoms in total. The molecule has 1 amide bonds. The minimum Gasteiger partial charge on any atom is -0.506 e. The van der Waals surface area contributed by atoms with E-state index in [1.165, 1.54) is 18.1 Å². The van der Waals surface area contributed by atoms with Gasteiger partial charge in [0, 0.05) is 10.9 Å². The summed E-state index contributed by atoms with van der Waals surface area (Å²) in [6, 6.07) is 15.2. The maximum Gasteiger partial charge on any atom is 0.234 e. The normalized spacial score (nSPS) is 10.9. The highest BCUT2D eigenvalue weighted by atomic mass is 32.2. The maximum atomic E-state index is 12.4. The van der Waals surface area contributed by atoms with Crippen LogP contribution in [0.3, 0.4) is 0 Å². The fourth-order valence-corrected chi connectivity index (χ4v) is 4.65. The molecule has 2 heterocycles. The smallest absolute Gasteiger partial charge is 0.234 e. The second-order valence-electron chi connectivity index (χ2n) is 6.23. The Morgan fingerprint density at radius 1 is 1.18 bits per heavy atom. The Bertz CT molecular complexity index is 1140. The summed E-state index contributed by atoms with van der Waals surface area (Å²) in [5, 5.41) is 16.5. The average molecular weight is 408 g/mol. The lowest BCUT2D eigenvalue weighted by Gasteiger charge is -2.09. The predicted octanol–water partition coefficient (Wildman–Crippen LogP) is 5.10. The van der Waals surface area contributed by atoms with Crippen LogP contribution in [0, 0.1) is 6.92 Å². The number of anilines is 1. The van der Waals surface area contributed by atoms with Crippen molar-refractivity contribution in [3.63, 3.8) is 0 Å². The quantitative estimate of drug-likeness (QED) is 0.273. The van der Waals surface area contributed by atoms with Gasteiger partial charge in [0.2, 0.25) is 5.91 Å².